The van der Waals surface area contributed by atoms with Crippen molar-refractivity contribution in [3.63, 3.8) is 0 Å². The van der Waals surface area contributed by atoms with Gasteiger partial charge in [0.25, 0.3) is 0 Å². The van der Waals surface area contributed by atoms with E-state index in [9.17, 15) is 0 Å². The van der Waals surface area contributed by atoms with Gasteiger partial charge in [0.1, 0.15) is 5.82 Å². The molecule has 0 aliphatic carbocycles. The van der Waals surface area contributed by atoms with Gasteiger partial charge in [0, 0.05) is 34.7 Å². The first kappa shape index (κ1) is 15.9. The van der Waals surface area contributed by atoms with Crippen molar-refractivity contribution in [1.82, 2.24) is 20.4 Å². The number of aryl methyl sites for hydroxylation is 1. The monoisotopic (exact) mass is 355 g/mol. The fourth-order valence-corrected chi connectivity index (χ4v) is 3.54. The van der Waals surface area contributed by atoms with Crippen LogP contribution in [0.2, 0.25) is 5.02 Å². The van der Waals surface area contributed by atoms with Crippen molar-refractivity contribution in [1.29, 1.82) is 0 Å². The van der Waals surface area contributed by atoms with E-state index in [-0.39, 0.29) is 5.92 Å². The highest BCUT2D eigenvalue weighted by Crippen LogP contribution is 2.47. The Morgan fingerprint density at radius 2 is 2.04 bits per heavy atom. The molecule has 1 aromatic carbocycles. The number of H-pyrrole nitrogens is 1. The topological polar surface area (TPSA) is 79.6 Å². The van der Waals surface area contributed by atoms with E-state index in [0.717, 1.165) is 41.1 Å². The summed E-state index contributed by atoms with van der Waals surface area (Å²) in [7, 11) is 0. The van der Waals surface area contributed by atoms with E-state index in [1.54, 1.807) is 6.92 Å². The number of hydrogen-bond acceptors (Lipinski definition) is 5. The van der Waals surface area contributed by atoms with Crippen molar-refractivity contribution in [3.05, 3.63) is 64.1 Å². The Balaban J connectivity index is 1.97. The van der Waals surface area contributed by atoms with Gasteiger partial charge in [-0.1, -0.05) is 43.1 Å². The predicted octanol–water partition coefficient (Wildman–Crippen LogP) is 4.52. The standard InChI is InChI=1S/C18H18ClN5O/c1-3-6-14-16(18-24-22-10(2)25-18)15(11-7-4-5-8-13(11)19)12-9-20-23-17(12)21-14/h4-5,7-9,15H,3,6H2,1-2H3,(H2,20,21,23). The highest BCUT2D eigenvalue weighted by atomic mass is 35.5. The number of fused-ring (bicyclic) bond motifs is 1. The molecular weight excluding hydrogens is 338 g/mol. The third-order valence-corrected chi connectivity index (χ3v) is 4.69. The first-order valence-corrected chi connectivity index (χ1v) is 8.65. The maximum Gasteiger partial charge on any atom is 0.246 e. The van der Waals surface area contributed by atoms with E-state index < -0.39 is 0 Å². The van der Waals surface area contributed by atoms with Gasteiger partial charge in [-0.15, -0.1) is 10.2 Å². The zero-order valence-corrected chi connectivity index (χ0v) is 14.8. The van der Waals surface area contributed by atoms with E-state index in [4.69, 9.17) is 16.0 Å². The second kappa shape index (κ2) is 6.37. The zero-order valence-electron chi connectivity index (χ0n) is 14.0. The summed E-state index contributed by atoms with van der Waals surface area (Å²) in [5.74, 6) is 1.82. The van der Waals surface area contributed by atoms with Crippen molar-refractivity contribution < 1.29 is 4.42 Å². The number of allylic oxidation sites excluding steroid dienone is 2. The number of aromatic nitrogens is 4. The summed E-state index contributed by atoms with van der Waals surface area (Å²) < 4.78 is 5.79. The molecule has 0 saturated carbocycles. The number of halogens is 1. The summed E-state index contributed by atoms with van der Waals surface area (Å²) in [5, 5.41) is 19.7. The molecule has 1 atom stereocenters. The molecule has 7 heteroatoms. The van der Waals surface area contributed by atoms with E-state index in [2.05, 4.69) is 32.6 Å². The lowest BCUT2D eigenvalue weighted by molar-refractivity contribution is 0.502. The lowest BCUT2D eigenvalue weighted by Gasteiger charge is -2.28. The highest BCUT2D eigenvalue weighted by molar-refractivity contribution is 6.31. The molecule has 1 unspecified atom stereocenters. The fraction of sp³-hybridized carbons (Fsp3) is 0.278. The molecule has 0 bridgehead atoms. The molecule has 3 heterocycles. The molecule has 4 rings (SSSR count). The van der Waals surface area contributed by atoms with Crippen LogP contribution < -0.4 is 5.32 Å². The number of hydrogen-bond donors (Lipinski definition) is 2. The van der Waals surface area contributed by atoms with Crippen LogP contribution in [0, 0.1) is 6.92 Å². The van der Waals surface area contributed by atoms with E-state index in [0.29, 0.717) is 16.8 Å². The van der Waals surface area contributed by atoms with Gasteiger partial charge in [0.05, 0.1) is 6.20 Å². The minimum Gasteiger partial charge on any atom is -0.421 e. The summed E-state index contributed by atoms with van der Waals surface area (Å²) in [6, 6.07) is 7.84. The Kier molecular flexibility index (Phi) is 4.05. The highest BCUT2D eigenvalue weighted by Gasteiger charge is 2.35. The zero-order chi connectivity index (χ0) is 17.4. The molecule has 3 aromatic rings. The van der Waals surface area contributed by atoms with Gasteiger partial charge >= 0.3 is 0 Å². The number of nitrogens with zero attached hydrogens (tertiary/aromatic N) is 3. The van der Waals surface area contributed by atoms with E-state index >= 15 is 0 Å². The van der Waals surface area contributed by atoms with Crippen LogP contribution in [0.4, 0.5) is 5.82 Å². The van der Waals surface area contributed by atoms with Gasteiger partial charge in [-0.05, 0) is 18.1 Å². The average molecular weight is 356 g/mol. The van der Waals surface area contributed by atoms with Crippen molar-refractivity contribution in [2.75, 3.05) is 5.32 Å². The number of anilines is 1. The Morgan fingerprint density at radius 1 is 1.20 bits per heavy atom. The molecule has 0 saturated heterocycles. The van der Waals surface area contributed by atoms with Crippen LogP contribution >= 0.6 is 11.6 Å². The van der Waals surface area contributed by atoms with Crippen LogP contribution in [0.5, 0.6) is 0 Å². The molecule has 25 heavy (non-hydrogen) atoms. The summed E-state index contributed by atoms with van der Waals surface area (Å²) in [5.41, 5.74) is 4.02. The van der Waals surface area contributed by atoms with Crippen LogP contribution in [-0.2, 0) is 0 Å². The minimum atomic E-state index is -0.120. The Labute approximate surface area is 150 Å². The third-order valence-electron chi connectivity index (χ3n) is 4.34. The minimum absolute atomic E-state index is 0.120. The lowest BCUT2D eigenvalue weighted by Crippen LogP contribution is -2.18. The van der Waals surface area contributed by atoms with Crippen LogP contribution in [0.1, 0.15) is 48.6 Å². The van der Waals surface area contributed by atoms with E-state index in [1.165, 1.54) is 0 Å². The molecule has 0 spiro atoms. The summed E-state index contributed by atoms with van der Waals surface area (Å²) in [6.07, 6.45) is 3.66. The van der Waals surface area contributed by atoms with Gasteiger partial charge in [-0.2, -0.15) is 5.10 Å². The molecule has 1 aliphatic heterocycles. The maximum absolute atomic E-state index is 6.53. The molecule has 0 amide bonds. The molecule has 6 nitrogen and oxygen atoms in total. The Bertz CT molecular complexity index is 942. The van der Waals surface area contributed by atoms with Gasteiger partial charge in [-0.25, -0.2) is 0 Å². The van der Waals surface area contributed by atoms with Crippen molar-refractivity contribution >= 4 is 23.0 Å². The van der Waals surface area contributed by atoms with Gasteiger partial charge < -0.3 is 9.73 Å². The smallest absolute Gasteiger partial charge is 0.246 e. The lowest BCUT2D eigenvalue weighted by atomic mass is 9.82. The quantitative estimate of drug-likeness (QED) is 0.719. The Morgan fingerprint density at radius 3 is 2.76 bits per heavy atom. The predicted molar refractivity (Wildman–Crippen MR) is 96.4 cm³/mol. The van der Waals surface area contributed by atoms with Gasteiger partial charge in [-0.3, -0.25) is 5.10 Å². The molecule has 0 fully saturated rings. The van der Waals surface area contributed by atoms with Crippen LogP contribution in [0.25, 0.3) is 5.57 Å². The third kappa shape index (κ3) is 2.72. The fourth-order valence-electron chi connectivity index (χ4n) is 3.30. The van der Waals surface area contributed by atoms with Crippen LogP contribution in [0.15, 0.2) is 40.6 Å². The average Bonchev–Trinajstić information content (AvgIpc) is 3.23. The second-order valence-corrected chi connectivity index (χ2v) is 6.46. The molecule has 128 valence electrons. The maximum atomic E-state index is 6.53. The van der Waals surface area contributed by atoms with Crippen molar-refractivity contribution in [3.8, 4) is 0 Å². The van der Waals surface area contributed by atoms with Gasteiger partial charge in [0.15, 0.2) is 0 Å². The molecule has 2 aromatic heterocycles. The van der Waals surface area contributed by atoms with Gasteiger partial charge in [0.2, 0.25) is 11.8 Å². The molecule has 2 N–H and O–H groups in total. The largest absolute Gasteiger partial charge is 0.421 e. The Hall–Kier alpha value is -2.60. The number of rotatable bonds is 4. The summed E-state index contributed by atoms with van der Waals surface area (Å²) in [6.45, 7) is 3.93. The van der Waals surface area contributed by atoms with Crippen LogP contribution in [0.3, 0.4) is 0 Å². The summed E-state index contributed by atoms with van der Waals surface area (Å²) >= 11 is 6.53. The first-order chi connectivity index (χ1) is 12.2. The normalized spacial score (nSPS) is 16.7. The molecule has 0 radical (unpaired) electrons. The number of benzene rings is 1. The molecular formula is C18H18ClN5O. The van der Waals surface area contributed by atoms with E-state index in [1.807, 2.05) is 30.5 Å². The number of nitrogens with one attached hydrogen (secondary N) is 2. The number of aromatic amines is 1. The van der Waals surface area contributed by atoms with Crippen molar-refractivity contribution in [2.24, 2.45) is 0 Å². The van der Waals surface area contributed by atoms with Crippen molar-refractivity contribution in [2.45, 2.75) is 32.6 Å². The first-order valence-electron chi connectivity index (χ1n) is 8.27. The SMILES string of the molecule is CCCC1=C(c2nnc(C)o2)C(c2ccccc2Cl)c2cn[nH]c2N1. The summed E-state index contributed by atoms with van der Waals surface area (Å²) in [4.78, 5) is 0. The molecule has 1 aliphatic rings. The second-order valence-electron chi connectivity index (χ2n) is 6.05. The van der Waals surface area contributed by atoms with Crippen LogP contribution in [-0.4, -0.2) is 20.4 Å².